The number of nitrogens with zero attached hydrogens (tertiary/aromatic N) is 3. The Morgan fingerprint density at radius 3 is 2.45 bits per heavy atom. The minimum atomic E-state index is -0.445. The Bertz CT molecular complexity index is 1700. The van der Waals surface area contributed by atoms with Gasteiger partial charge in [0, 0.05) is 28.5 Å². The largest absolute Gasteiger partial charge is 0.481 e. The smallest absolute Gasteiger partial charge is 0.238 e. The van der Waals surface area contributed by atoms with Crippen molar-refractivity contribution in [2.45, 2.75) is 19.0 Å². The molecule has 0 radical (unpaired) electrons. The Morgan fingerprint density at radius 1 is 0.929 bits per heavy atom. The summed E-state index contributed by atoms with van der Waals surface area (Å²) < 4.78 is 12.5. The van der Waals surface area contributed by atoms with Crippen LogP contribution in [0.2, 0.25) is 0 Å². The van der Waals surface area contributed by atoms with E-state index in [2.05, 4.69) is 94.5 Å². The van der Waals surface area contributed by atoms with Gasteiger partial charge in [0.05, 0.1) is 44.5 Å². The maximum absolute atomic E-state index is 14.6. The summed E-state index contributed by atoms with van der Waals surface area (Å²) in [6.45, 7) is 5.15. The van der Waals surface area contributed by atoms with Crippen molar-refractivity contribution in [2.75, 3.05) is 40.0 Å². The highest BCUT2D eigenvalue weighted by molar-refractivity contribution is 9.10. The molecule has 4 aromatic carbocycles. The Hall–Kier alpha value is -3.78. The van der Waals surface area contributed by atoms with E-state index >= 15 is 0 Å². The van der Waals surface area contributed by atoms with E-state index in [1.807, 2.05) is 35.2 Å². The molecule has 6 nitrogen and oxygen atoms in total. The van der Waals surface area contributed by atoms with Crippen LogP contribution in [0.3, 0.4) is 0 Å². The van der Waals surface area contributed by atoms with Gasteiger partial charge in [-0.15, -0.1) is 0 Å². The number of rotatable bonds is 8. The van der Waals surface area contributed by atoms with Gasteiger partial charge in [-0.1, -0.05) is 88.7 Å². The van der Waals surface area contributed by atoms with Gasteiger partial charge >= 0.3 is 0 Å². The van der Waals surface area contributed by atoms with Crippen LogP contribution in [0.1, 0.15) is 35.7 Å². The fourth-order valence-corrected chi connectivity index (χ4v) is 6.39. The molecule has 0 N–H and O–H groups in total. The zero-order valence-corrected chi connectivity index (χ0v) is 25.5. The summed E-state index contributed by atoms with van der Waals surface area (Å²) in [7, 11) is 1.65. The number of pyridine rings is 1. The predicted molar refractivity (Wildman–Crippen MR) is 171 cm³/mol. The van der Waals surface area contributed by atoms with Crippen LogP contribution in [0.15, 0.2) is 102 Å². The first-order valence-electron chi connectivity index (χ1n) is 14.3. The zero-order valence-electron chi connectivity index (χ0n) is 23.9. The number of halogens is 1. The first-order valence-corrected chi connectivity index (χ1v) is 15.1. The third kappa shape index (κ3) is 5.77. The molecular weight excluding hydrogens is 590 g/mol. The molecule has 2 atom stereocenters. The van der Waals surface area contributed by atoms with E-state index in [1.165, 1.54) is 0 Å². The average molecular weight is 625 g/mol. The van der Waals surface area contributed by atoms with Gasteiger partial charge in [0.1, 0.15) is 0 Å². The van der Waals surface area contributed by atoms with E-state index < -0.39 is 6.04 Å². The minimum Gasteiger partial charge on any atom is -0.481 e. The highest BCUT2D eigenvalue weighted by atomic mass is 79.9. The highest BCUT2D eigenvalue weighted by Gasteiger charge is 2.35. The Balaban J connectivity index is 1.56. The molecule has 1 aliphatic heterocycles. The Labute approximate surface area is 255 Å². The van der Waals surface area contributed by atoms with Crippen LogP contribution in [-0.2, 0) is 9.53 Å². The lowest BCUT2D eigenvalue weighted by atomic mass is 9.92. The summed E-state index contributed by atoms with van der Waals surface area (Å²) in [6, 6.07) is 32.3. The molecule has 1 saturated heterocycles. The van der Waals surface area contributed by atoms with Crippen molar-refractivity contribution in [3.05, 3.63) is 118 Å². The number of benzene rings is 4. The number of ether oxygens (including phenoxy) is 2. The van der Waals surface area contributed by atoms with Crippen LogP contribution < -0.4 is 4.74 Å². The number of fused-ring (bicyclic) bond motifs is 2. The number of aromatic nitrogens is 1. The van der Waals surface area contributed by atoms with Gasteiger partial charge in [-0.3, -0.25) is 9.69 Å². The van der Waals surface area contributed by atoms with E-state index in [0.29, 0.717) is 25.6 Å². The van der Waals surface area contributed by atoms with Crippen molar-refractivity contribution in [2.24, 2.45) is 0 Å². The summed E-state index contributed by atoms with van der Waals surface area (Å²) in [6.07, 6.45) is 0. The molecule has 0 bridgehead atoms. The highest BCUT2D eigenvalue weighted by Crippen LogP contribution is 2.41. The lowest BCUT2D eigenvalue weighted by Gasteiger charge is -2.40. The monoisotopic (exact) mass is 623 g/mol. The quantitative estimate of drug-likeness (QED) is 0.183. The number of hydrogen-bond acceptors (Lipinski definition) is 5. The molecular formula is C35H34BrN3O3. The number of morpholine rings is 1. The van der Waals surface area contributed by atoms with Crippen molar-refractivity contribution >= 4 is 43.5 Å². The van der Waals surface area contributed by atoms with Gasteiger partial charge in [-0.05, 0) is 53.1 Å². The molecule has 0 aliphatic carbocycles. The second-order valence-corrected chi connectivity index (χ2v) is 11.6. The van der Waals surface area contributed by atoms with Crippen molar-refractivity contribution in [1.29, 1.82) is 0 Å². The Morgan fingerprint density at radius 2 is 1.67 bits per heavy atom. The second kappa shape index (κ2) is 12.6. The third-order valence-electron chi connectivity index (χ3n) is 8.09. The van der Waals surface area contributed by atoms with E-state index in [1.54, 1.807) is 7.11 Å². The van der Waals surface area contributed by atoms with Crippen LogP contribution in [-0.4, -0.2) is 60.6 Å². The molecule has 0 spiro atoms. The first-order chi connectivity index (χ1) is 20.5. The van der Waals surface area contributed by atoms with Crippen molar-refractivity contribution in [3.8, 4) is 5.88 Å². The summed E-state index contributed by atoms with van der Waals surface area (Å²) in [5.74, 6) is 0.551. The lowest BCUT2D eigenvalue weighted by molar-refractivity contribution is -0.137. The first kappa shape index (κ1) is 28.3. The number of hydrogen-bond donors (Lipinski definition) is 0. The fraction of sp³-hybridized carbons (Fsp3) is 0.257. The van der Waals surface area contributed by atoms with Crippen LogP contribution in [0.25, 0.3) is 21.7 Å². The van der Waals surface area contributed by atoms with Gasteiger partial charge in [0.2, 0.25) is 11.8 Å². The van der Waals surface area contributed by atoms with Crippen molar-refractivity contribution in [1.82, 2.24) is 14.8 Å². The van der Waals surface area contributed by atoms with Crippen LogP contribution in [0.5, 0.6) is 5.88 Å². The molecule has 1 aliphatic rings. The standard InChI is InChI=1S/C35H34BrN3O3/c1-24(29-14-8-12-25-9-6-7-13-30(25)29)39(33(40)23-38-17-19-42-20-18-38)34(26-10-4-3-5-11-26)31-22-27-21-28(36)15-16-32(27)37-35(31)41-2/h3-16,21-22,24,34H,17-20,23H2,1-2H3/t24-,34+/m0/s1. The minimum absolute atomic E-state index is 0.0441. The second-order valence-electron chi connectivity index (χ2n) is 10.7. The number of methoxy groups -OCH3 is 1. The molecule has 42 heavy (non-hydrogen) atoms. The predicted octanol–water partition coefficient (Wildman–Crippen LogP) is 7.17. The molecule has 0 saturated carbocycles. The molecule has 1 fully saturated rings. The molecule has 2 heterocycles. The van der Waals surface area contributed by atoms with Crippen LogP contribution in [0.4, 0.5) is 0 Å². The summed E-state index contributed by atoms with van der Waals surface area (Å²) >= 11 is 3.62. The van der Waals surface area contributed by atoms with Crippen LogP contribution in [0, 0.1) is 0 Å². The van der Waals surface area contributed by atoms with E-state index in [0.717, 1.165) is 55.9 Å². The van der Waals surface area contributed by atoms with Gasteiger partial charge in [0.15, 0.2) is 0 Å². The number of carbonyl (C=O) groups excluding carboxylic acids is 1. The van der Waals surface area contributed by atoms with E-state index in [-0.39, 0.29) is 11.9 Å². The number of carbonyl (C=O) groups is 1. The molecule has 1 amide bonds. The van der Waals surface area contributed by atoms with Gasteiger partial charge in [-0.25, -0.2) is 4.98 Å². The lowest BCUT2D eigenvalue weighted by Crippen LogP contribution is -2.47. The van der Waals surface area contributed by atoms with Gasteiger partial charge < -0.3 is 14.4 Å². The fourth-order valence-electron chi connectivity index (χ4n) is 6.01. The molecule has 5 aromatic rings. The van der Waals surface area contributed by atoms with Crippen molar-refractivity contribution in [3.63, 3.8) is 0 Å². The normalized spacial score (nSPS) is 15.4. The molecule has 214 valence electrons. The maximum atomic E-state index is 14.6. The van der Waals surface area contributed by atoms with Crippen LogP contribution >= 0.6 is 15.9 Å². The topological polar surface area (TPSA) is 54.9 Å². The average Bonchev–Trinajstić information content (AvgIpc) is 3.03. The van der Waals surface area contributed by atoms with E-state index in [9.17, 15) is 4.79 Å². The van der Waals surface area contributed by atoms with Crippen molar-refractivity contribution < 1.29 is 14.3 Å². The summed E-state index contributed by atoms with van der Waals surface area (Å²) in [5.41, 5.74) is 3.77. The zero-order chi connectivity index (χ0) is 29.1. The molecule has 6 rings (SSSR count). The molecule has 1 aromatic heterocycles. The SMILES string of the molecule is COc1nc2ccc(Br)cc2cc1[C@@H](c1ccccc1)N(C(=O)CN1CCOCC1)[C@@H](C)c1cccc2ccccc12. The van der Waals surface area contributed by atoms with Gasteiger partial charge in [-0.2, -0.15) is 0 Å². The Kier molecular flexibility index (Phi) is 8.51. The van der Waals surface area contributed by atoms with Gasteiger partial charge in [0.25, 0.3) is 0 Å². The molecule has 0 unspecified atom stereocenters. The summed E-state index contributed by atoms with van der Waals surface area (Å²) in [5, 5.41) is 3.25. The third-order valence-corrected chi connectivity index (χ3v) is 8.59. The maximum Gasteiger partial charge on any atom is 0.238 e. The van der Waals surface area contributed by atoms with E-state index in [4.69, 9.17) is 14.5 Å². The molecule has 7 heteroatoms. The summed E-state index contributed by atoms with van der Waals surface area (Å²) in [4.78, 5) is 23.8. The number of amides is 1.